The molecule has 27 heavy (non-hydrogen) atoms. The normalized spacial score (nSPS) is 12.5. The number of benzene rings is 2. The Bertz CT molecular complexity index is 743. The van der Waals surface area contributed by atoms with Crippen LogP contribution >= 0.6 is 0 Å². The van der Waals surface area contributed by atoms with E-state index in [9.17, 15) is 18.0 Å². The van der Waals surface area contributed by atoms with E-state index in [1.165, 1.54) is 0 Å². The number of hydrogen-bond donors (Lipinski definition) is 0. The number of amides is 1. The molecule has 0 N–H and O–H groups in total. The zero-order chi connectivity index (χ0) is 20.0. The average molecular weight is 381 g/mol. The molecule has 146 valence electrons. The Morgan fingerprint density at radius 1 is 1.07 bits per heavy atom. The predicted molar refractivity (Wildman–Crippen MR) is 95.7 cm³/mol. The van der Waals surface area contributed by atoms with Crippen molar-refractivity contribution in [1.82, 2.24) is 4.90 Å². The quantitative estimate of drug-likeness (QED) is 0.703. The van der Waals surface area contributed by atoms with Crippen molar-refractivity contribution < 1.29 is 27.4 Å². The minimum absolute atomic E-state index is 0.154. The van der Waals surface area contributed by atoms with E-state index in [4.69, 9.17) is 4.74 Å². The number of halogens is 3. The fourth-order valence-electron chi connectivity index (χ4n) is 2.51. The third kappa shape index (κ3) is 5.99. The maximum absolute atomic E-state index is 12.7. The van der Waals surface area contributed by atoms with Crippen molar-refractivity contribution in [3.05, 3.63) is 65.2 Å². The fraction of sp³-hybridized carbons (Fsp3) is 0.350. The smallest absolute Gasteiger partial charge is 0.411 e. The SMILES string of the molecule is COc1ccc(C(C)N(C)C(=O)c2ccc(COCC(F)(F)F)cc2)cc1. The van der Waals surface area contributed by atoms with E-state index in [0.29, 0.717) is 11.1 Å². The third-order valence-corrected chi connectivity index (χ3v) is 4.23. The number of rotatable bonds is 7. The minimum atomic E-state index is -4.35. The highest BCUT2D eigenvalue weighted by atomic mass is 19.4. The van der Waals surface area contributed by atoms with E-state index < -0.39 is 12.8 Å². The molecule has 0 saturated heterocycles. The molecule has 0 heterocycles. The van der Waals surface area contributed by atoms with Crippen LogP contribution in [0.2, 0.25) is 0 Å². The van der Waals surface area contributed by atoms with E-state index in [0.717, 1.165) is 11.3 Å². The van der Waals surface area contributed by atoms with Crippen molar-refractivity contribution in [2.75, 3.05) is 20.8 Å². The number of carbonyl (C=O) groups excluding carboxylic acids is 1. The Balaban J connectivity index is 1.98. The molecule has 2 rings (SSSR count). The topological polar surface area (TPSA) is 38.8 Å². The van der Waals surface area contributed by atoms with E-state index in [2.05, 4.69) is 4.74 Å². The van der Waals surface area contributed by atoms with Gasteiger partial charge in [-0.1, -0.05) is 24.3 Å². The molecule has 1 atom stereocenters. The number of carbonyl (C=O) groups is 1. The Kier molecular flexibility index (Phi) is 6.85. The van der Waals surface area contributed by atoms with Crippen molar-refractivity contribution >= 4 is 5.91 Å². The van der Waals surface area contributed by atoms with Crippen LogP contribution in [0.1, 0.15) is 34.5 Å². The highest BCUT2D eigenvalue weighted by molar-refractivity contribution is 5.94. The van der Waals surface area contributed by atoms with E-state index >= 15 is 0 Å². The maximum Gasteiger partial charge on any atom is 0.411 e. The van der Waals surface area contributed by atoms with E-state index in [1.807, 2.05) is 31.2 Å². The Hall–Kier alpha value is -2.54. The minimum Gasteiger partial charge on any atom is -0.497 e. The van der Waals surface area contributed by atoms with Gasteiger partial charge in [0.05, 0.1) is 19.8 Å². The van der Waals surface area contributed by atoms with Crippen LogP contribution in [0.5, 0.6) is 5.75 Å². The summed E-state index contributed by atoms with van der Waals surface area (Å²) < 4.78 is 46.0. The molecule has 0 aliphatic rings. The maximum atomic E-state index is 12.7. The van der Waals surface area contributed by atoms with Gasteiger partial charge in [-0.2, -0.15) is 13.2 Å². The van der Waals surface area contributed by atoms with Crippen LogP contribution in [0.4, 0.5) is 13.2 Å². The second-order valence-corrected chi connectivity index (χ2v) is 6.17. The molecule has 0 bridgehead atoms. The number of alkyl halides is 3. The molecular formula is C20H22F3NO3. The molecule has 0 saturated carbocycles. The summed E-state index contributed by atoms with van der Waals surface area (Å²) in [5.74, 6) is 0.560. The van der Waals surface area contributed by atoms with Gasteiger partial charge in [-0.3, -0.25) is 4.79 Å². The summed E-state index contributed by atoms with van der Waals surface area (Å²) in [5.41, 5.74) is 1.99. The summed E-state index contributed by atoms with van der Waals surface area (Å²) in [6.45, 7) is 0.459. The molecule has 2 aromatic carbocycles. The fourth-order valence-corrected chi connectivity index (χ4v) is 2.51. The summed E-state index contributed by atoms with van der Waals surface area (Å²) in [6, 6.07) is 13.7. The molecule has 0 radical (unpaired) electrons. The number of methoxy groups -OCH3 is 1. The van der Waals surface area contributed by atoms with Gasteiger partial charge in [0.25, 0.3) is 5.91 Å². The van der Waals surface area contributed by atoms with Crippen LogP contribution in [0, 0.1) is 0 Å². The number of nitrogens with zero attached hydrogens (tertiary/aromatic N) is 1. The number of ether oxygens (including phenoxy) is 2. The molecule has 0 aliphatic carbocycles. The third-order valence-electron chi connectivity index (χ3n) is 4.23. The first-order chi connectivity index (χ1) is 12.7. The first-order valence-corrected chi connectivity index (χ1v) is 8.36. The molecule has 7 heteroatoms. The molecule has 0 spiro atoms. The highest BCUT2D eigenvalue weighted by Crippen LogP contribution is 2.23. The standard InChI is InChI=1S/C20H22F3NO3/c1-14(16-8-10-18(26-3)11-9-16)24(2)19(25)17-6-4-15(5-7-17)12-27-13-20(21,22)23/h4-11,14H,12-13H2,1-3H3. The lowest BCUT2D eigenvalue weighted by Gasteiger charge is -2.25. The van der Waals surface area contributed by atoms with Gasteiger partial charge in [-0.15, -0.1) is 0 Å². The lowest BCUT2D eigenvalue weighted by molar-refractivity contribution is -0.176. The van der Waals surface area contributed by atoms with Crippen molar-refractivity contribution in [3.63, 3.8) is 0 Å². The van der Waals surface area contributed by atoms with Gasteiger partial charge >= 0.3 is 6.18 Å². The first kappa shape index (κ1) is 20.8. The Morgan fingerprint density at radius 3 is 2.19 bits per heavy atom. The van der Waals surface area contributed by atoms with Crippen molar-refractivity contribution in [3.8, 4) is 5.75 Å². The molecule has 1 unspecified atom stereocenters. The zero-order valence-corrected chi connectivity index (χ0v) is 15.4. The van der Waals surface area contributed by atoms with Crippen LogP contribution in [0.15, 0.2) is 48.5 Å². The Morgan fingerprint density at radius 2 is 1.67 bits per heavy atom. The molecule has 4 nitrogen and oxygen atoms in total. The molecule has 2 aromatic rings. The molecule has 0 aromatic heterocycles. The highest BCUT2D eigenvalue weighted by Gasteiger charge is 2.27. The predicted octanol–water partition coefficient (Wildman–Crippen LogP) is 4.61. The lowest BCUT2D eigenvalue weighted by atomic mass is 10.1. The van der Waals surface area contributed by atoms with Gasteiger partial charge in [0.2, 0.25) is 0 Å². The van der Waals surface area contributed by atoms with Gasteiger partial charge in [0.1, 0.15) is 12.4 Å². The molecule has 0 fully saturated rings. The van der Waals surface area contributed by atoms with Gasteiger partial charge in [-0.25, -0.2) is 0 Å². The van der Waals surface area contributed by atoms with Crippen LogP contribution in [-0.4, -0.2) is 37.7 Å². The molecule has 0 aliphatic heterocycles. The van der Waals surface area contributed by atoms with Crippen LogP contribution < -0.4 is 4.74 Å². The van der Waals surface area contributed by atoms with E-state index in [1.54, 1.807) is 43.3 Å². The summed E-state index contributed by atoms with van der Waals surface area (Å²) in [6.07, 6.45) is -4.35. The van der Waals surface area contributed by atoms with Crippen molar-refractivity contribution in [2.24, 2.45) is 0 Å². The van der Waals surface area contributed by atoms with Gasteiger partial charge in [-0.05, 0) is 42.3 Å². The van der Waals surface area contributed by atoms with Crippen molar-refractivity contribution in [1.29, 1.82) is 0 Å². The molecule has 1 amide bonds. The van der Waals surface area contributed by atoms with Gasteiger partial charge in [0.15, 0.2) is 0 Å². The number of hydrogen-bond acceptors (Lipinski definition) is 3. The van der Waals surface area contributed by atoms with Gasteiger partial charge < -0.3 is 14.4 Å². The average Bonchev–Trinajstić information content (AvgIpc) is 2.66. The summed E-state index contributed by atoms with van der Waals surface area (Å²) in [5, 5.41) is 0. The second kappa shape index (κ2) is 8.90. The zero-order valence-electron chi connectivity index (χ0n) is 15.4. The monoisotopic (exact) mass is 381 g/mol. The van der Waals surface area contributed by atoms with Crippen LogP contribution in [0.3, 0.4) is 0 Å². The van der Waals surface area contributed by atoms with Crippen LogP contribution in [0.25, 0.3) is 0 Å². The Labute approximate surface area is 156 Å². The largest absolute Gasteiger partial charge is 0.497 e. The lowest BCUT2D eigenvalue weighted by Crippen LogP contribution is -2.29. The summed E-state index contributed by atoms with van der Waals surface area (Å²) in [7, 11) is 3.30. The summed E-state index contributed by atoms with van der Waals surface area (Å²) >= 11 is 0. The van der Waals surface area contributed by atoms with Crippen molar-refractivity contribution in [2.45, 2.75) is 25.7 Å². The second-order valence-electron chi connectivity index (χ2n) is 6.17. The van der Waals surface area contributed by atoms with E-state index in [-0.39, 0.29) is 18.6 Å². The molecular weight excluding hydrogens is 359 g/mol. The van der Waals surface area contributed by atoms with Crippen LogP contribution in [-0.2, 0) is 11.3 Å². The van der Waals surface area contributed by atoms with Gasteiger partial charge in [0, 0.05) is 12.6 Å². The summed E-state index contributed by atoms with van der Waals surface area (Å²) in [4.78, 5) is 14.3. The first-order valence-electron chi connectivity index (χ1n) is 8.36.